The van der Waals surface area contributed by atoms with Crippen LogP contribution in [0.2, 0.25) is 0 Å². The summed E-state index contributed by atoms with van der Waals surface area (Å²) in [6.07, 6.45) is -6.30. The molecule has 1 saturated heterocycles. The Kier molecular flexibility index (Phi) is 4.38. The molecule has 1 heterocycles. The van der Waals surface area contributed by atoms with Crippen molar-refractivity contribution in [3.8, 4) is 5.75 Å². The lowest BCUT2D eigenvalue weighted by Gasteiger charge is -2.39. The summed E-state index contributed by atoms with van der Waals surface area (Å²) in [5.74, 6) is 0.468. The van der Waals surface area contributed by atoms with Crippen LogP contribution in [0.1, 0.15) is 5.56 Å². The molecule has 19 heavy (non-hydrogen) atoms. The van der Waals surface area contributed by atoms with Crippen molar-refractivity contribution in [3.63, 3.8) is 0 Å². The Labute approximate surface area is 110 Å². The highest BCUT2D eigenvalue weighted by Crippen LogP contribution is 2.24. The molecule has 0 spiro atoms. The monoisotopic (exact) mass is 270 g/mol. The fourth-order valence-electron chi connectivity index (χ4n) is 1.92. The van der Waals surface area contributed by atoms with Crippen molar-refractivity contribution in [1.82, 2.24) is 0 Å². The van der Waals surface area contributed by atoms with Crippen LogP contribution >= 0.6 is 0 Å². The number of benzene rings is 1. The summed E-state index contributed by atoms with van der Waals surface area (Å²) in [6, 6.07) is 7.08. The van der Waals surface area contributed by atoms with Crippen LogP contribution in [0.3, 0.4) is 0 Å². The predicted octanol–water partition coefficient (Wildman–Crippen LogP) is -0.826. The van der Waals surface area contributed by atoms with E-state index in [-0.39, 0.29) is 0 Å². The van der Waals surface area contributed by atoms with Crippen LogP contribution in [0.4, 0.5) is 0 Å². The van der Waals surface area contributed by atoms with E-state index in [0.29, 0.717) is 5.75 Å². The van der Waals surface area contributed by atoms with Crippen molar-refractivity contribution >= 4 is 0 Å². The Morgan fingerprint density at radius 3 is 2.26 bits per heavy atom. The zero-order chi connectivity index (χ0) is 14.0. The van der Waals surface area contributed by atoms with Gasteiger partial charge in [0.2, 0.25) is 6.29 Å². The van der Waals surface area contributed by atoms with Gasteiger partial charge in [0.15, 0.2) is 0 Å². The Hall–Kier alpha value is -1.18. The summed E-state index contributed by atoms with van der Waals surface area (Å²) in [5.41, 5.74) is 1.06. The second-order valence-electron chi connectivity index (χ2n) is 4.63. The maximum Gasteiger partial charge on any atom is 0.229 e. The number of hydrogen-bond acceptors (Lipinski definition) is 6. The highest BCUT2D eigenvalue weighted by Gasteiger charge is 2.44. The number of aryl methyl sites for hydroxylation is 1. The van der Waals surface area contributed by atoms with Gasteiger partial charge in [0.1, 0.15) is 30.2 Å². The molecular weight excluding hydrogens is 252 g/mol. The molecule has 0 radical (unpaired) electrons. The standard InChI is InChI=1S/C13H18O6/c1-7-2-4-8(5-3-7)18-13-12(17)11(16)10(15)9(6-14)19-13/h2-5,9-17H,6H2,1H3/t9-,10+,11+,12+,13+/m0/s1. The third-order valence-corrected chi connectivity index (χ3v) is 3.12. The average molecular weight is 270 g/mol. The molecule has 6 nitrogen and oxygen atoms in total. The normalized spacial score (nSPS) is 35.1. The topological polar surface area (TPSA) is 99.4 Å². The molecule has 106 valence electrons. The van der Waals surface area contributed by atoms with Crippen LogP contribution in [-0.4, -0.2) is 57.7 Å². The molecule has 0 amide bonds. The molecule has 0 saturated carbocycles. The van der Waals surface area contributed by atoms with Gasteiger partial charge < -0.3 is 29.9 Å². The maximum atomic E-state index is 9.80. The maximum absolute atomic E-state index is 9.80. The van der Waals surface area contributed by atoms with Crippen molar-refractivity contribution < 1.29 is 29.9 Å². The molecule has 0 aromatic heterocycles. The number of rotatable bonds is 3. The van der Waals surface area contributed by atoms with Gasteiger partial charge in [0, 0.05) is 0 Å². The lowest BCUT2D eigenvalue weighted by atomic mass is 9.99. The third-order valence-electron chi connectivity index (χ3n) is 3.12. The van der Waals surface area contributed by atoms with Crippen LogP contribution < -0.4 is 4.74 Å². The Balaban J connectivity index is 2.08. The minimum Gasteiger partial charge on any atom is -0.462 e. The van der Waals surface area contributed by atoms with Gasteiger partial charge in [-0.1, -0.05) is 17.7 Å². The van der Waals surface area contributed by atoms with Crippen LogP contribution in [0.5, 0.6) is 5.75 Å². The molecule has 1 aliphatic heterocycles. The van der Waals surface area contributed by atoms with Crippen molar-refractivity contribution in [3.05, 3.63) is 29.8 Å². The number of ether oxygens (including phenoxy) is 2. The molecule has 5 atom stereocenters. The lowest BCUT2D eigenvalue weighted by Crippen LogP contribution is -2.60. The van der Waals surface area contributed by atoms with Crippen molar-refractivity contribution in [2.45, 2.75) is 37.6 Å². The Bertz CT molecular complexity index is 404. The average Bonchev–Trinajstić information content (AvgIpc) is 2.42. The van der Waals surface area contributed by atoms with Gasteiger partial charge >= 0.3 is 0 Å². The lowest BCUT2D eigenvalue weighted by molar-refractivity contribution is -0.277. The van der Waals surface area contributed by atoms with E-state index in [2.05, 4.69) is 0 Å². The number of aliphatic hydroxyl groups is 4. The molecule has 6 heteroatoms. The Morgan fingerprint density at radius 2 is 1.68 bits per heavy atom. The van der Waals surface area contributed by atoms with E-state index in [1.165, 1.54) is 0 Å². The molecule has 1 aromatic rings. The predicted molar refractivity (Wildman–Crippen MR) is 65.6 cm³/mol. The SMILES string of the molecule is Cc1ccc(O[C@@H]2O[C@@H](CO)[C@@H](O)[C@@H](O)[C@H]2O)cc1. The second kappa shape index (κ2) is 5.85. The summed E-state index contributed by atoms with van der Waals surface area (Å²) in [7, 11) is 0. The van der Waals surface area contributed by atoms with E-state index in [1.807, 2.05) is 19.1 Å². The largest absolute Gasteiger partial charge is 0.462 e. The molecule has 4 N–H and O–H groups in total. The van der Waals surface area contributed by atoms with E-state index in [0.717, 1.165) is 5.56 Å². The van der Waals surface area contributed by atoms with E-state index in [4.69, 9.17) is 14.6 Å². The molecule has 0 unspecified atom stereocenters. The number of aliphatic hydroxyl groups excluding tert-OH is 4. The fourth-order valence-corrected chi connectivity index (χ4v) is 1.92. The first-order valence-corrected chi connectivity index (χ1v) is 6.07. The molecule has 2 rings (SSSR count). The minimum atomic E-state index is -1.43. The summed E-state index contributed by atoms with van der Waals surface area (Å²) in [6.45, 7) is 1.45. The van der Waals surface area contributed by atoms with Gasteiger partial charge in [-0.25, -0.2) is 0 Å². The first kappa shape index (κ1) is 14.2. The van der Waals surface area contributed by atoms with E-state index in [1.54, 1.807) is 12.1 Å². The highest BCUT2D eigenvalue weighted by atomic mass is 16.7. The van der Waals surface area contributed by atoms with Gasteiger partial charge in [-0.15, -0.1) is 0 Å². The van der Waals surface area contributed by atoms with Crippen LogP contribution in [0, 0.1) is 6.92 Å². The summed E-state index contributed by atoms with van der Waals surface area (Å²) >= 11 is 0. The molecule has 1 fully saturated rings. The van der Waals surface area contributed by atoms with Crippen molar-refractivity contribution in [1.29, 1.82) is 0 Å². The Morgan fingerprint density at radius 1 is 1.05 bits per heavy atom. The first-order valence-electron chi connectivity index (χ1n) is 6.07. The quantitative estimate of drug-likeness (QED) is 0.572. The zero-order valence-electron chi connectivity index (χ0n) is 10.5. The summed E-state index contributed by atoms with van der Waals surface area (Å²) in [5, 5.41) is 38.1. The van der Waals surface area contributed by atoms with E-state index < -0.39 is 37.3 Å². The summed E-state index contributed by atoms with van der Waals surface area (Å²) < 4.78 is 10.7. The van der Waals surface area contributed by atoms with Gasteiger partial charge in [-0.05, 0) is 19.1 Å². The second-order valence-corrected chi connectivity index (χ2v) is 4.63. The van der Waals surface area contributed by atoms with Crippen molar-refractivity contribution in [2.24, 2.45) is 0 Å². The van der Waals surface area contributed by atoms with E-state index in [9.17, 15) is 15.3 Å². The van der Waals surface area contributed by atoms with E-state index >= 15 is 0 Å². The smallest absolute Gasteiger partial charge is 0.229 e. The van der Waals surface area contributed by atoms with Gasteiger partial charge in [-0.2, -0.15) is 0 Å². The molecule has 0 aliphatic carbocycles. The minimum absolute atomic E-state index is 0.468. The van der Waals surface area contributed by atoms with Gasteiger partial charge in [0.05, 0.1) is 6.61 Å². The third kappa shape index (κ3) is 3.05. The van der Waals surface area contributed by atoms with Gasteiger partial charge in [-0.3, -0.25) is 0 Å². The summed E-state index contributed by atoms with van der Waals surface area (Å²) in [4.78, 5) is 0. The molecular formula is C13H18O6. The van der Waals surface area contributed by atoms with Gasteiger partial charge in [0.25, 0.3) is 0 Å². The zero-order valence-corrected chi connectivity index (χ0v) is 10.5. The number of hydrogen-bond donors (Lipinski definition) is 4. The fraction of sp³-hybridized carbons (Fsp3) is 0.538. The van der Waals surface area contributed by atoms with Crippen molar-refractivity contribution in [2.75, 3.05) is 6.61 Å². The van der Waals surface area contributed by atoms with Crippen LogP contribution in [0.25, 0.3) is 0 Å². The first-order chi connectivity index (χ1) is 9.02. The molecule has 1 aromatic carbocycles. The molecule has 1 aliphatic rings. The highest BCUT2D eigenvalue weighted by molar-refractivity contribution is 5.26. The van der Waals surface area contributed by atoms with Crippen LogP contribution in [0.15, 0.2) is 24.3 Å². The molecule has 0 bridgehead atoms. The van der Waals surface area contributed by atoms with Crippen LogP contribution in [-0.2, 0) is 4.74 Å².